The average Bonchev–Trinajstić information content (AvgIpc) is 2.97. The van der Waals surface area contributed by atoms with Crippen molar-refractivity contribution in [1.29, 1.82) is 0 Å². The Kier molecular flexibility index (Phi) is 5.30. The van der Waals surface area contributed by atoms with E-state index >= 15 is 0 Å². The minimum absolute atomic E-state index is 0.0803. The van der Waals surface area contributed by atoms with Crippen molar-refractivity contribution in [3.63, 3.8) is 0 Å². The maximum Gasteiger partial charge on any atom is 0.224 e. The molecule has 3 nitrogen and oxygen atoms in total. The summed E-state index contributed by atoms with van der Waals surface area (Å²) >= 11 is 0. The third-order valence-corrected chi connectivity index (χ3v) is 4.69. The fourth-order valence-electron chi connectivity index (χ4n) is 3.28. The Morgan fingerprint density at radius 3 is 2.26 bits per heavy atom. The largest absolute Gasteiger partial charge is 0.352 e. The third-order valence-electron chi connectivity index (χ3n) is 4.69. The van der Waals surface area contributed by atoms with Gasteiger partial charge in [-0.25, -0.2) is 0 Å². The van der Waals surface area contributed by atoms with Crippen LogP contribution in [0, 0.1) is 17.3 Å². The molecule has 2 atom stereocenters. The van der Waals surface area contributed by atoms with E-state index in [2.05, 4.69) is 82.3 Å². The van der Waals surface area contributed by atoms with E-state index in [-0.39, 0.29) is 17.2 Å². The van der Waals surface area contributed by atoms with Crippen molar-refractivity contribution in [3.05, 3.63) is 47.0 Å². The summed E-state index contributed by atoms with van der Waals surface area (Å²) < 4.78 is 0. The van der Waals surface area contributed by atoms with Crippen molar-refractivity contribution in [1.82, 2.24) is 10.2 Å². The van der Waals surface area contributed by atoms with Gasteiger partial charge in [-0.1, -0.05) is 49.8 Å². The lowest BCUT2D eigenvalue weighted by Gasteiger charge is -2.10. The molecule has 126 valence electrons. The topological polar surface area (TPSA) is 32.3 Å². The van der Waals surface area contributed by atoms with Crippen LogP contribution in [0.5, 0.6) is 0 Å². The second-order valence-electron chi connectivity index (χ2n) is 7.84. The maximum absolute atomic E-state index is 12.5. The Morgan fingerprint density at radius 1 is 1.17 bits per heavy atom. The van der Waals surface area contributed by atoms with Crippen LogP contribution in [-0.4, -0.2) is 24.9 Å². The highest BCUT2D eigenvalue weighted by molar-refractivity contribution is 5.83. The maximum atomic E-state index is 12.5. The normalized spacial score (nSPS) is 21.9. The van der Waals surface area contributed by atoms with Crippen molar-refractivity contribution in [2.45, 2.75) is 40.8 Å². The lowest BCUT2D eigenvalue weighted by Crippen LogP contribution is -2.26. The molecule has 0 spiro atoms. The van der Waals surface area contributed by atoms with Crippen LogP contribution in [0.3, 0.4) is 0 Å². The smallest absolute Gasteiger partial charge is 0.224 e. The molecule has 1 aliphatic carbocycles. The summed E-state index contributed by atoms with van der Waals surface area (Å²) in [5.41, 5.74) is 3.81. The number of hydrogen-bond acceptors (Lipinski definition) is 2. The minimum Gasteiger partial charge on any atom is -0.352 e. The van der Waals surface area contributed by atoms with Gasteiger partial charge in [0, 0.05) is 13.1 Å². The molecule has 3 heteroatoms. The highest BCUT2D eigenvalue weighted by Crippen LogP contribution is 2.59. The Hall–Kier alpha value is -1.61. The van der Waals surface area contributed by atoms with E-state index in [1.165, 1.54) is 11.1 Å². The van der Waals surface area contributed by atoms with Crippen molar-refractivity contribution in [2.75, 3.05) is 14.1 Å². The van der Waals surface area contributed by atoms with Gasteiger partial charge in [-0.2, -0.15) is 0 Å². The number of carbonyl (C=O) groups is 1. The SMILES string of the molecule is CC(C)=CC1C(C(=O)NCc2ccc(CN(C)C)cc2)C1(C)C. The van der Waals surface area contributed by atoms with Gasteiger partial charge in [0.25, 0.3) is 0 Å². The van der Waals surface area contributed by atoms with E-state index in [0.717, 1.165) is 12.1 Å². The van der Waals surface area contributed by atoms with E-state index in [9.17, 15) is 4.79 Å². The first kappa shape index (κ1) is 17.7. The van der Waals surface area contributed by atoms with Gasteiger partial charge >= 0.3 is 0 Å². The van der Waals surface area contributed by atoms with Gasteiger partial charge in [-0.05, 0) is 50.4 Å². The summed E-state index contributed by atoms with van der Waals surface area (Å²) in [6.45, 7) is 10.1. The zero-order chi connectivity index (χ0) is 17.2. The van der Waals surface area contributed by atoms with E-state index in [0.29, 0.717) is 12.5 Å². The molecule has 1 saturated carbocycles. The van der Waals surface area contributed by atoms with Gasteiger partial charge in [-0.15, -0.1) is 0 Å². The number of carbonyl (C=O) groups excluding carboxylic acids is 1. The summed E-state index contributed by atoms with van der Waals surface area (Å²) in [5.74, 6) is 0.648. The Morgan fingerprint density at radius 2 is 1.74 bits per heavy atom. The molecule has 0 radical (unpaired) electrons. The lowest BCUT2D eigenvalue weighted by molar-refractivity contribution is -0.123. The second-order valence-corrected chi connectivity index (χ2v) is 7.84. The molecule has 1 fully saturated rings. The fourth-order valence-corrected chi connectivity index (χ4v) is 3.28. The molecule has 23 heavy (non-hydrogen) atoms. The molecule has 0 aliphatic heterocycles. The van der Waals surface area contributed by atoms with E-state index in [1.807, 2.05) is 0 Å². The molecule has 2 rings (SSSR count). The van der Waals surface area contributed by atoms with Crippen molar-refractivity contribution in [2.24, 2.45) is 17.3 Å². The number of benzene rings is 1. The summed E-state index contributed by atoms with van der Waals surface area (Å²) in [4.78, 5) is 14.6. The number of amides is 1. The second kappa shape index (κ2) is 6.88. The quantitative estimate of drug-likeness (QED) is 0.814. The van der Waals surface area contributed by atoms with Crippen molar-refractivity contribution in [3.8, 4) is 0 Å². The van der Waals surface area contributed by atoms with Gasteiger partial charge < -0.3 is 10.2 Å². The van der Waals surface area contributed by atoms with Crippen LogP contribution >= 0.6 is 0 Å². The average molecular weight is 314 g/mol. The summed E-state index contributed by atoms with van der Waals surface area (Å²) in [5, 5.41) is 3.10. The predicted molar refractivity (Wildman–Crippen MR) is 95.9 cm³/mol. The fraction of sp³-hybridized carbons (Fsp3) is 0.550. The number of nitrogens with one attached hydrogen (secondary N) is 1. The molecule has 2 unspecified atom stereocenters. The molecule has 1 aromatic rings. The molecular formula is C20H30N2O. The first-order valence-corrected chi connectivity index (χ1v) is 8.37. The number of allylic oxidation sites excluding steroid dienone is 2. The van der Waals surface area contributed by atoms with Crippen LogP contribution in [0.15, 0.2) is 35.9 Å². The molecule has 1 aromatic carbocycles. The Balaban J connectivity index is 1.89. The zero-order valence-corrected chi connectivity index (χ0v) is 15.3. The van der Waals surface area contributed by atoms with Crippen molar-refractivity contribution >= 4 is 5.91 Å². The highest BCUT2D eigenvalue weighted by atomic mass is 16.2. The van der Waals surface area contributed by atoms with Gasteiger partial charge in [0.1, 0.15) is 0 Å². The lowest BCUT2D eigenvalue weighted by atomic mass is 10.1. The van der Waals surface area contributed by atoms with Gasteiger partial charge in [0.2, 0.25) is 5.91 Å². The van der Waals surface area contributed by atoms with Gasteiger partial charge in [-0.3, -0.25) is 4.79 Å². The van der Waals surface area contributed by atoms with Crippen LogP contribution in [-0.2, 0) is 17.9 Å². The van der Waals surface area contributed by atoms with Crippen LogP contribution in [0.4, 0.5) is 0 Å². The van der Waals surface area contributed by atoms with Gasteiger partial charge in [0.15, 0.2) is 0 Å². The summed E-state index contributed by atoms with van der Waals surface area (Å²) in [6.07, 6.45) is 2.24. The van der Waals surface area contributed by atoms with E-state index < -0.39 is 0 Å². The molecule has 1 amide bonds. The first-order valence-electron chi connectivity index (χ1n) is 8.37. The predicted octanol–water partition coefficient (Wildman–Crippen LogP) is 3.60. The molecule has 0 saturated heterocycles. The molecule has 0 bridgehead atoms. The molecule has 0 heterocycles. The molecule has 0 aromatic heterocycles. The van der Waals surface area contributed by atoms with Crippen LogP contribution < -0.4 is 5.32 Å². The van der Waals surface area contributed by atoms with Crippen LogP contribution in [0.2, 0.25) is 0 Å². The summed E-state index contributed by atoms with van der Waals surface area (Å²) in [6, 6.07) is 8.47. The molecule has 1 aliphatic rings. The molecular weight excluding hydrogens is 284 g/mol. The Labute approximate surface area is 140 Å². The molecule has 1 N–H and O–H groups in total. The first-order chi connectivity index (χ1) is 10.7. The van der Waals surface area contributed by atoms with Crippen LogP contribution in [0.1, 0.15) is 38.8 Å². The Bertz CT molecular complexity index is 580. The minimum atomic E-state index is 0.0803. The number of rotatable bonds is 6. The highest BCUT2D eigenvalue weighted by Gasteiger charge is 2.60. The number of hydrogen-bond donors (Lipinski definition) is 1. The number of nitrogens with zero attached hydrogens (tertiary/aromatic N) is 1. The van der Waals surface area contributed by atoms with E-state index in [4.69, 9.17) is 0 Å². The summed E-state index contributed by atoms with van der Waals surface area (Å²) in [7, 11) is 4.13. The zero-order valence-electron chi connectivity index (χ0n) is 15.3. The van der Waals surface area contributed by atoms with Crippen LogP contribution in [0.25, 0.3) is 0 Å². The van der Waals surface area contributed by atoms with Crippen molar-refractivity contribution < 1.29 is 4.79 Å². The van der Waals surface area contributed by atoms with E-state index in [1.54, 1.807) is 0 Å². The monoisotopic (exact) mass is 314 g/mol. The third kappa shape index (κ3) is 4.44. The van der Waals surface area contributed by atoms with Gasteiger partial charge in [0.05, 0.1) is 5.92 Å². The standard InChI is InChI=1S/C20H30N2O/c1-14(2)11-17-18(20(17,3)4)19(23)21-12-15-7-9-16(10-8-15)13-22(5)6/h7-11,17-18H,12-13H2,1-6H3,(H,21,23).